The van der Waals surface area contributed by atoms with E-state index in [9.17, 15) is 8.78 Å². The molecule has 0 amide bonds. The molecule has 1 aromatic carbocycles. The van der Waals surface area contributed by atoms with Crippen LogP contribution in [0.5, 0.6) is 0 Å². The maximum atomic E-state index is 14.3. The summed E-state index contributed by atoms with van der Waals surface area (Å²) in [6.07, 6.45) is 3.86. The van der Waals surface area contributed by atoms with Gasteiger partial charge < -0.3 is 5.32 Å². The second-order valence-electron chi connectivity index (χ2n) is 4.32. The van der Waals surface area contributed by atoms with Gasteiger partial charge in [0.05, 0.1) is 16.7 Å². The Kier molecular flexibility index (Phi) is 5.14. The van der Waals surface area contributed by atoms with Crippen molar-refractivity contribution in [1.82, 2.24) is 15.5 Å². The van der Waals surface area contributed by atoms with Crippen molar-refractivity contribution in [1.29, 1.82) is 0 Å². The Bertz CT molecular complexity index is 578. The van der Waals surface area contributed by atoms with E-state index in [-0.39, 0.29) is 10.0 Å². The van der Waals surface area contributed by atoms with E-state index in [1.54, 1.807) is 6.07 Å². The molecule has 1 aromatic heterocycles. The van der Waals surface area contributed by atoms with E-state index in [1.807, 2.05) is 6.92 Å². The predicted octanol–water partition coefficient (Wildman–Crippen LogP) is 3.61. The Hall–Kier alpha value is -1.40. The van der Waals surface area contributed by atoms with Gasteiger partial charge in [-0.15, -0.1) is 0 Å². The van der Waals surface area contributed by atoms with E-state index in [0.29, 0.717) is 12.1 Å². The molecular formula is C14H14BrF2N3. The van der Waals surface area contributed by atoms with Crippen LogP contribution in [0.2, 0.25) is 0 Å². The highest BCUT2D eigenvalue weighted by Crippen LogP contribution is 2.30. The van der Waals surface area contributed by atoms with Crippen molar-refractivity contribution in [2.24, 2.45) is 0 Å². The zero-order valence-corrected chi connectivity index (χ0v) is 12.5. The molecule has 0 saturated carbocycles. The molecule has 0 saturated heterocycles. The predicted molar refractivity (Wildman–Crippen MR) is 76.2 cm³/mol. The minimum Gasteiger partial charge on any atom is -0.306 e. The molecule has 0 spiro atoms. The molecule has 6 heteroatoms. The van der Waals surface area contributed by atoms with Gasteiger partial charge in [-0.25, -0.2) is 8.78 Å². The first-order valence-electron chi connectivity index (χ1n) is 6.28. The average Bonchev–Trinajstić information content (AvgIpc) is 2.47. The normalized spacial score (nSPS) is 12.4. The van der Waals surface area contributed by atoms with Crippen LogP contribution in [-0.4, -0.2) is 16.7 Å². The van der Waals surface area contributed by atoms with E-state index in [0.717, 1.165) is 6.42 Å². The van der Waals surface area contributed by atoms with E-state index in [1.165, 1.54) is 24.5 Å². The van der Waals surface area contributed by atoms with Crippen LogP contribution in [0.3, 0.4) is 0 Å². The van der Waals surface area contributed by atoms with E-state index < -0.39 is 17.7 Å². The van der Waals surface area contributed by atoms with Crippen molar-refractivity contribution < 1.29 is 8.78 Å². The number of benzene rings is 1. The summed E-state index contributed by atoms with van der Waals surface area (Å²) < 4.78 is 28.6. The second-order valence-corrected chi connectivity index (χ2v) is 5.17. The lowest BCUT2D eigenvalue weighted by Gasteiger charge is -2.20. The standard InChI is InChI=1S/C14H14BrF2N3/c1-2-6-18-14(9-5-7-19-20-8-9)12-11(16)4-3-10(15)13(12)17/h3-5,7-8,14,18H,2,6H2,1H3. The Morgan fingerprint density at radius 3 is 2.70 bits per heavy atom. The van der Waals surface area contributed by atoms with Gasteiger partial charge in [-0.2, -0.15) is 10.2 Å². The van der Waals surface area contributed by atoms with Gasteiger partial charge in [0.1, 0.15) is 11.6 Å². The molecule has 1 heterocycles. The lowest BCUT2D eigenvalue weighted by molar-refractivity contribution is 0.499. The minimum absolute atomic E-state index is 0.0131. The van der Waals surface area contributed by atoms with Gasteiger partial charge in [0.2, 0.25) is 0 Å². The summed E-state index contributed by atoms with van der Waals surface area (Å²) in [5, 5.41) is 10.6. The number of nitrogens with zero attached hydrogens (tertiary/aromatic N) is 2. The number of aromatic nitrogens is 2. The number of rotatable bonds is 5. The summed E-state index contributed by atoms with van der Waals surface area (Å²) in [4.78, 5) is 0. The van der Waals surface area contributed by atoms with Gasteiger partial charge in [0, 0.05) is 11.8 Å². The van der Waals surface area contributed by atoms with Crippen LogP contribution in [-0.2, 0) is 0 Å². The largest absolute Gasteiger partial charge is 0.306 e. The third-order valence-corrected chi connectivity index (χ3v) is 3.52. The minimum atomic E-state index is -0.601. The highest BCUT2D eigenvalue weighted by Gasteiger charge is 2.23. The van der Waals surface area contributed by atoms with Crippen LogP contribution in [0.4, 0.5) is 8.78 Å². The van der Waals surface area contributed by atoms with Gasteiger partial charge in [-0.1, -0.05) is 6.92 Å². The first-order valence-corrected chi connectivity index (χ1v) is 7.07. The fourth-order valence-electron chi connectivity index (χ4n) is 1.95. The summed E-state index contributed by atoms with van der Waals surface area (Å²) in [6.45, 7) is 2.63. The zero-order valence-electron chi connectivity index (χ0n) is 10.9. The first kappa shape index (κ1) is 15.0. The van der Waals surface area contributed by atoms with E-state index in [4.69, 9.17) is 0 Å². The molecule has 0 aliphatic carbocycles. The number of nitrogens with one attached hydrogen (secondary N) is 1. The highest BCUT2D eigenvalue weighted by atomic mass is 79.9. The van der Waals surface area contributed by atoms with Gasteiger partial charge in [0.25, 0.3) is 0 Å². The number of hydrogen-bond acceptors (Lipinski definition) is 3. The average molecular weight is 342 g/mol. The SMILES string of the molecule is CCCNC(c1ccnnc1)c1c(F)ccc(Br)c1F. The maximum Gasteiger partial charge on any atom is 0.145 e. The zero-order chi connectivity index (χ0) is 14.5. The summed E-state index contributed by atoms with van der Waals surface area (Å²) >= 11 is 3.09. The maximum absolute atomic E-state index is 14.3. The molecule has 0 aliphatic rings. The third kappa shape index (κ3) is 3.19. The van der Waals surface area contributed by atoms with Crippen molar-refractivity contribution in [2.75, 3.05) is 6.54 Å². The van der Waals surface area contributed by atoms with E-state index in [2.05, 4.69) is 31.4 Å². The second kappa shape index (κ2) is 6.85. The molecule has 0 radical (unpaired) electrons. The Balaban J connectivity index is 2.49. The Morgan fingerprint density at radius 2 is 2.05 bits per heavy atom. The molecule has 0 bridgehead atoms. The highest BCUT2D eigenvalue weighted by molar-refractivity contribution is 9.10. The molecule has 0 fully saturated rings. The molecular weight excluding hydrogens is 328 g/mol. The van der Waals surface area contributed by atoms with Crippen LogP contribution < -0.4 is 5.32 Å². The van der Waals surface area contributed by atoms with Gasteiger partial charge >= 0.3 is 0 Å². The molecule has 2 rings (SSSR count). The van der Waals surface area contributed by atoms with Crippen LogP contribution >= 0.6 is 15.9 Å². The van der Waals surface area contributed by atoms with Crippen molar-refractivity contribution in [3.8, 4) is 0 Å². The molecule has 1 unspecified atom stereocenters. The summed E-state index contributed by atoms with van der Waals surface area (Å²) in [6, 6.07) is 3.70. The molecule has 20 heavy (non-hydrogen) atoms. The number of hydrogen-bond donors (Lipinski definition) is 1. The van der Waals surface area contributed by atoms with Crippen molar-refractivity contribution in [3.63, 3.8) is 0 Å². The number of halogens is 3. The molecule has 1 atom stereocenters. The Morgan fingerprint density at radius 1 is 1.25 bits per heavy atom. The van der Waals surface area contributed by atoms with Gasteiger partial charge in [0.15, 0.2) is 0 Å². The van der Waals surface area contributed by atoms with E-state index >= 15 is 0 Å². The van der Waals surface area contributed by atoms with Crippen LogP contribution in [0, 0.1) is 11.6 Å². The monoisotopic (exact) mass is 341 g/mol. The fraction of sp³-hybridized carbons (Fsp3) is 0.286. The van der Waals surface area contributed by atoms with Crippen LogP contribution in [0.25, 0.3) is 0 Å². The summed E-state index contributed by atoms with van der Waals surface area (Å²) in [5.74, 6) is -1.19. The topological polar surface area (TPSA) is 37.8 Å². The first-order chi connectivity index (χ1) is 9.65. The molecule has 3 nitrogen and oxygen atoms in total. The molecule has 2 aromatic rings. The van der Waals surface area contributed by atoms with Crippen molar-refractivity contribution >= 4 is 15.9 Å². The smallest absolute Gasteiger partial charge is 0.145 e. The van der Waals surface area contributed by atoms with Gasteiger partial charge in [-0.05, 0) is 52.7 Å². The summed E-state index contributed by atoms with van der Waals surface area (Å²) in [7, 11) is 0. The van der Waals surface area contributed by atoms with Crippen LogP contribution in [0.1, 0.15) is 30.5 Å². The molecule has 106 valence electrons. The Labute approximate surface area is 124 Å². The van der Waals surface area contributed by atoms with Gasteiger partial charge in [-0.3, -0.25) is 0 Å². The van der Waals surface area contributed by atoms with Crippen molar-refractivity contribution in [2.45, 2.75) is 19.4 Å². The quantitative estimate of drug-likeness (QED) is 0.844. The fourth-order valence-corrected chi connectivity index (χ4v) is 2.30. The lowest BCUT2D eigenvalue weighted by Crippen LogP contribution is -2.25. The van der Waals surface area contributed by atoms with Crippen molar-refractivity contribution in [3.05, 3.63) is 57.8 Å². The summed E-state index contributed by atoms with van der Waals surface area (Å²) in [5.41, 5.74) is 0.658. The molecule has 0 aliphatic heterocycles. The van der Waals surface area contributed by atoms with Crippen LogP contribution in [0.15, 0.2) is 35.1 Å². The third-order valence-electron chi connectivity index (χ3n) is 2.91. The molecule has 1 N–H and O–H groups in total. The lowest BCUT2D eigenvalue weighted by atomic mass is 9.99.